The van der Waals surface area contributed by atoms with Crippen LogP contribution in [0, 0.1) is 17.5 Å². The van der Waals surface area contributed by atoms with Crippen LogP contribution in [0.15, 0.2) is 12.1 Å². The van der Waals surface area contributed by atoms with Crippen LogP contribution < -0.4 is 10.6 Å². The molecule has 0 bridgehead atoms. The van der Waals surface area contributed by atoms with Gasteiger partial charge in [0.2, 0.25) is 5.82 Å². The molecule has 192 valence electrons. The Bertz CT molecular complexity index is 1110. The summed E-state index contributed by atoms with van der Waals surface area (Å²) in [6.45, 7) is 4.41. The SMILES string of the molecule is CC(C)(C)OC(=O)N[C@@H](CC(=O)C1Cc2nnc(C(F)(F)F)n2CN1)Cc1cc(F)c(F)cc1F. The highest BCUT2D eigenvalue weighted by atomic mass is 19.4. The number of benzene rings is 1. The summed E-state index contributed by atoms with van der Waals surface area (Å²) in [4.78, 5) is 25.2. The van der Waals surface area contributed by atoms with Crippen LogP contribution in [-0.4, -0.2) is 44.3 Å². The van der Waals surface area contributed by atoms with Gasteiger partial charge in [0.25, 0.3) is 0 Å². The zero-order chi connectivity index (χ0) is 26.1. The summed E-state index contributed by atoms with van der Waals surface area (Å²) in [6, 6.07) is -1.08. The van der Waals surface area contributed by atoms with E-state index >= 15 is 0 Å². The van der Waals surface area contributed by atoms with Crippen LogP contribution in [0.3, 0.4) is 0 Å². The van der Waals surface area contributed by atoms with Crippen molar-refractivity contribution in [1.82, 2.24) is 25.4 Å². The largest absolute Gasteiger partial charge is 0.451 e. The second kappa shape index (κ2) is 9.84. The Morgan fingerprint density at radius 1 is 1.14 bits per heavy atom. The number of alkyl carbamates (subject to hydrolysis) is 1. The van der Waals surface area contributed by atoms with Crippen molar-refractivity contribution in [2.75, 3.05) is 0 Å². The minimum absolute atomic E-state index is 0.0577. The molecule has 1 aliphatic heterocycles. The van der Waals surface area contributed by atoms with Crippen LogP contribution >= 0.6 is 0 Å². The molecule has 0 saturated heterocycles. The summed E-state index contributed by atoms with van der Waals surface area (Å²) >= 11 is 0. The standard InChI is InChI=1S/C21H23F6N5O3/c1-20(2,3)35-19(34)29-11(4-10-5-13(23)14(24)7-12(10)22)6-16(33)15-8-17-30-31-18(21(25,26)27)32(17)9-28-15/h5,7,11,15,28H,4,6,8-9H2,1-3H3,(H,29,34)/t11-,15?/m1/s1. The Hall–Kier alpha value is -3.16. The molecule has 1 amide bonds. The summed E-state index contributed by atoms with van der Waals surface area (Å²) in [7, 11) is 0. The first-order valence-electron chi connectivity index (χ1n) is 10.5. The first-order chi connectivity index (χ1) is 16.1. The quantitative estimate of drug-likeness (QED) is 0.460. The lowest BCUT2D eigenvalue weighted by Crippen LogP contribution is -2.48. The smallest absolute Gasteiger partial charge is 0.444 e. The number of aromatic nitrogens is 3. The highest BCUT2D eigenvalue weighted by Gasteiger charge is 2.40. The first-order valence-corrected chi connectivity index (χ1v) is 10.5. The third-order valence-electron chi connectivity index (χ3n) is 5.08. The number of hydrogen-bond acceptors (Lipinski definition) is 6. The normalized spacial score (nSPS) is 17.0. The van der Waals surface area contributed by atoms with Gasteiger partial charge in [0.05, 0.1) is 12.7 Å². The van der Waals surface area contributed by atoms with Gasteiger partial charge in [-0.15, -0.1) is 10.2 Å². The van der Waals surface area contributed by atoms with E-state index in [2.05, 4.69) is 20.8 Å². The number of ketones is 1. The molecular weight excluding hydrogens is 484 g/mol. The Morgan fingerprint density at radius 3 is 2.43 bits per heavy atom. The summed E-state index contributed by atoms with van der Waals surface area (Å²) in [5.74, 6) is -5.57. The average Bonchev–Trinajstić information content (AvgIpc) is 3.14. The molecule has 3 rings (SSSR count). The van der Waals surface area contributed by atoms with E-state index in [0.29, 0.717) is 12.1 Å². The Morgan fingerprint density at radius 2 is 1.80 bits per heavy atom. The van der Waals surface area contributed by atoms with Crippen molar-refractivity contribution in [3.05, 3.63) is 46.8 Å². The minimum Gasteiger partial charge on any atom is -0.444 e. The molecule has 1 aliphatic rings. The predicted octanol–water partition coefficient (Wildman–Crippen LogP) is 3.28. The van der Waals surface area contributed by atoms with Gasteiger partial charge in [0.1, 0.15) is 17.2 Å². The van der Waals surface area contributed by atoms with Crippen molar-refractivity contribution >= 4 is 11.9 Å². The van der Waals surface area contributed by atoms with E-state index in [4.69, 9.17) is 4.74 Å². The van der Waals surface area contributed by atoms with Crippen molar-refractivity contribution in [3.8, 4) is 0 Å². The molecule has 1 aromatic carbocycles. The predicted molar refractivity (Wildman–Crippen MR) is 108 cm³/mol. The molecule has 0 spiro atoms. The zero-order valence-corrected chi connectivity index (χ0v) is 19.0. The molecule has 1 aromatic heterocycles. The molecule has 0 saturated carbocycles. The summed E-state index contributed by atoms with van der Waals surface area (Å²) in [6.07, 6.45) is -6.64. The molecule has 1 unspecified atom stereocenters. The molecule has 0 fully saturated rings. The van der Waals surface area contributed by atoms with E-state index in [1.54, 1.807) is 20.8 Å². The topological polar surface area (TPSA) is 98.1 Å². The zero-order valence-electron chi connectivity index (χ0n) is 19.0. The van der Waals surface area contributed by atoms with Crippen LogP contribution in [0.4, 0.5) is 31.1 Å². The second-order valence-corrected chi connectivity index (χ2v) is 9.06. The number of rotatable bonds is 6. The average molecular weight is 507 g/mol. The van der Waals surface area contributed by atoms with E-state index in [1.807, 2.05) is 0 Å². The molecule has 2 heterocycles. The lowest BCUT2D eigenvalue weighted by molar-refractivity contribution is -0.148. The Labute approximate surface area is 196 Å². The number of fused-ring (bicyclic) bond motifs is 1. The van der Waals surface area contributed by atoms with Crippen molar-refractivity contribution in [1.29, 1.82) is 0 Å². The number of carbonyl (C=O) groups is 2. The van der Waals surface area contributed by atoms with Gasteiger partial charge < -0.3 is 10.1 Å². The van der Waals surface area contributed by atoms with Crippen molar-refractivity contribution in [3.63, 3.8) is 0 Å². The molecule has 35 heavy (non-hydrogen) atoms. The maximum absolute atomic E-state index is 14.2. The number of carbonyl (C=O) groups excluding carboxylic acids is 2. The monoisotopic (exact) mass is 507 g/mol. The van der Waals surface area contributed by atoms with Crippen LogP contribution in [0.25, 0.3) is 0 Å². The number of nitrogens with one attached hydrogen (secondary N) is 2. The van der Waals surface area contributed by atoms with E-state index in [9.17, 15) is 35.9 Å². The minimum atomic E-state index is -4.72. The molecule has 0 aliphatic carbocycles. The maximum atomic E-state index is 14.2. The maximum Gasteiger partial charge on any atom is 0.451 e. The van der Waals surface area contributed by atoms with Gasteiger partial charge in [0, 0.05) is 24.9 Å². The van der Waals surface area contributed by atoms with Gasteiger partial charge in [-0.25, -0.2) is 18.0 Å². The third kappa shape index (κ3) is 6.71. The number of ether oxygens (including phenoxy) is 1. The number of alkyl halides is 3. The number of halogens is 6. The Kier molecular flexibility index (Phi) is 7.43. The van der Waals surface area contributed by atoms with Crippen LogP contribution in [0.5, 0.6) is 0 Å². The van der Waals surface area contributed by atoms with Crippen LogP contribution in [0.2, 0.25) is 0 Å². The lowest BCUT2D eigenvalue weighted by atomic mass is 9.96. The van der Waals surface area contributed by atoms with Crippen LogP contribution in [0.1, 0.15) is 44.4 Å². The first kappa shape index (κ1) is 26.4. The van der Waals surface area contributed by atoms with Gasteiger partial charge in [-0.3, -0.25) is 14.7 Å². The van der Waals surface area contributed by atoms with E-state index < -0.39 is 65.4 Å². The van der Waals surface area contributed by atoms with Gasteiger partial charge >= 0.3 is 12.3 Å². The Balaban J connectivity index is 1.76. The van der Waals surface area contributed by atoms with Crippen molar-refractivity contribution in [2.24, 2.45) is 0 Å². The van der Waals surface area contributed by atoms with E-state index in [-0.39, 0.29) is 30.9 Å². The molecule has 0 radical (unpaired) electrons. The molecular formula is C21H23F6N5O3. The summed E-state index contributed by atoms with van der Waals surface area (Å²) in [5.41, 5.74) is -1.18. The molecule has 14 heteroatoms. The molecule has 8 nitrogen and oxygen atoms in total. The highest BCUT2D eigenvalue weighted by molar-refractivity contribution is 5.85. The lowest BCUT2D eigenvalue weighted by Gasteiger charge is -2.27. The third-order valence-corrected chi connectivity index (χ3v) is 5.08. The van der Waals surface area contributed by atoms with E-state index in [1.165, 1.54) is 0 Å². The highest BCUT2D eigenvalue weighted by Crippen LogP contribution is 2.29. The fourth-order valence-corrected chi connectivity index (χ4v) is 3.57. The second-order valence-electron chi connectivity index (χ2n) is 9.06. The molecule has 2 N–H and O–H groups in total. The van der Waals surface area contributed by atoms with Crippen LogP contribution in [-0.2, 0) is 35.2 Å². The van der Waals surface area contributed by atoms with Gasteiger partial charge in [0.15, 0.2) is 17.4 Å². The van der Waals surface area contributed by atoms with Gasteiger partial charge in [-0.1, -0.05) is 0 Å². The number of nitrogens with zero attached hydrogens (tertiary/aromatic N) is 3. The van der Waals surface area contributed by atoms with Crippen molar-refractivity contribution in [2.45, 2.75) is 70.6 Å². The molecule has 2 aromatic rings. The fourth-order valence-electron chi connectivity index (χ4n) is 3.57. The number of hydrogen-bond donors (Lipinski definition) is 2. The summed E-state index contributed by atoms with van der Waals surface area (Å²) in [5, 5.41) is 11.7. The number of Topliss-reactive ketones (excluding diaryl/α,β-unsaturated/α-hetero) is 1. The van der Waals surface area contributed by atoms with Gasteiger partial charge in [-0.05, 0) is 38.8 Å². The van der Waals surface area contributed by atoms with Crippen molar-refractivity contribution < 1.29 is 40.7 Å². The fraction of sp³-hybridized carbons (Fsp3) is 0.524. The van der Waals surface area contributed by atoms with Gasteiger partial charge in [-0.2, -0.15) is 13.2 Å². The summed E-state index contributed by atoms with van der Waals surface area (Å²) < 4.78 is 86.1. The molecule has 2 atom stereocenters. The number of amides is 1. The van der Waals surface area contributed by atoms with E-state index in [0.717, 1.165) is 4.57 Å².